The van der Waals surface area contributed by atoms with Gasteiger partial charge < -0.3 is 10.1 Å². The second-order valence-electron chi connectivity index (χ2n) is 8.21. The fourth-order valence-corrected chi connectivity index (χ4v) is 4.54. The summed E-state index contributed by atoms with van der Waals surface area (Å²) >= 11 is 0. The van der Waals surface area contributed by atoms with Crippen molar-refractivity contribution in [3.05, 3.63) is 64.7 Å². The third-order valence-electron chi connectivity index (χ3n) is 6.18. The van der Waals surface area contributed by atoms with E-state index in [2.05, 4.69) is 34.1 Å². The van der Waals surface area contributed by atoms with E-state index in [0.29, 0.717) is 12.5 Å². The molecule has 1 saturated heterocycles. The molecule has 1 aromatic carbocycles. The fourth-order valence-electron chi connectivity index (χ4n) is 4.54. The van der Waals surface area contributed by atoms with Crippen LogP contribution in [-0.4, -0.2) is 39.0 Å². The van der Waals surface area contributed by atoms with Crippen molar-refractivity contribution in [1.82, 2.24) is 14.9 Å². The van der Waals surface area contributed by atoms with Crippen LogP contribution in [-0.2, 0) is 13.0 Å². The smallest absolute Gasteiger partial charge is 0.338 e. The van der Waals surface area contributed by atoms with Crippen LogP contribution in [0.2, 0.25) is 0 Å². The van der Waals surface area contributed by atoms with Crippen LogP contribution >= 0.6 is 0 Å². The first-order valence-corrected chi connectivity index (χ1v) is 10.8. The molecule has 4 rings (SSSR count). The number of fused-ring (bicyclic) bond motifs is 1. The summed E-state index contributed by atoms with van der Waals surface area (Å²) in [7, 11) is 0. The van der Waals surface area contributed by atoms with E-state index in [1.807, 2.05) is 6.20 Å². The maximum Gasteiger partial charge on any atom is 0.338 e. The zero-order valence-corrected chi connectivity index (χ0v) is 17.3. The minimum Gasteiger partial charge on any atom is -0.478 e. The van der Waals surface area contributed by atoms with Crippen molar-refractivity contribution in [2.75, 3.05) is 13.1 Å². The van der Waals surface area contributed by atoms with Gasteiger partial charge in [0.25, 0.3) is 0 Å². The molecule has 1 aliphatic heterocycles. The van der Waals surface area contributed by atoms with Gasteiger partial charge in [-0.05, 0) is 79.6 Å². The van der Waals surface area contributed by atoms with Crippen molar-refractivity contribution < 1.29 is 14.3 Å². The first kappa shape index (κ1) is 20.5. The largest absolute Gasteiger partial charge is 0.478 e. The lowest BCUT2D eigenvalue weighted by molar-refractivity contribution is 0.0691. The number of aromatic amines is 1. The van der Waals surface area contributed by atoms with Gasteiger partial charge in [-0.25, -0.2) is 14.2 Å². The number of likely N-dealkylation sites (tertiary alicyclic amines) is 1. The number of carbonyl (C=O) groups is 1. The number of hydrogen-bond acceptors (Lipinski definition) is 3. The van der Waals surface area contributed by atoms with Gasteiger partial charge in [0, 0.05) is 24.3 Å². The number of hydrogen-bond donors (Lipinski definition) is 2. The highest BCUT2D eigenvalue weighted by Gasteiger charge is 2.24. The lowest BCUT2D eigenvalue weighted by Crippen LogP contribution is -2.32. The van der Waals surface area contributed by atoms with E-state index >= 15 is 0 Å². The van der Waals surface area contributed by atoms with Gasteiger partial charge in [0.15, 0.2) is 0 Å². The molecule has 0 radical (unpaired) electrons. The van der Waals surface area contributed by atoms with Gasteiger partial charge >= 0.3 is 5.97 Å². The number of aryl methyl sites for hydroxylation is 1. The summed E-state index contributed by atoms with van der Waals surface area (Å²) in [5.41, 5.74) is 4.32. The number of carboxylic acid groups (broad SMARTS) is 1. The van der Waals surface area contributed by atoms with E-state index in [9.17, 15) is 9.18 Å². The average Bonchev–Trinajstić information content (AvgIpc) is 3.19. The van der Waals surface area contributed by atoms with Crippen LogP contribution in [0, 0.1) is 5.82 Å². The number of pyridine rings is 1. The van der Waals surface area contributed by atoms with Crippen LogP contribution < -0.4 is 0 Å². The average molecular weight is 410 g/mol. The molecule has 6 heteroatoms. The van der Waals surface area contributed by atoms with Crippen LogP contribution in [0.5, 0.6) is 0 Å². The maximum atomic E-state index is 13.6. The number of halogens is 1. The molecule has 0 amide bonds. The standard InChI is InChI=1S/C24H28FN3O2/c1-2-3-4-18-7-10-26-23-22(18)20(14-27-23)17-8-11-28(12-9-17)15-16-5-6-21(25)19(13-16)24(29)30/h5-7,10,13-14,17H,2-4,8-9,11-12,15H2,1H3,(H,26,27)(H,29,30). The summed E-state index contributed by atoms with van der Waals surface area (Å²) in [6, 6.07) is 6.54. The Morgan fingerprint density at radius 2 is 2.10 bits per heavy atom. The molecule has 2 aromatic heterocycles. The third kappa shape index (κ3) is 4.24. The van der Waals surface area contributed by atoms with E-state index in [-0.39, 0.29) is 5.56 Å². The Morgan fingerprint density at radius 1 is 1.30 bits per heavy atom. The highest BCUT2D eigenvalue weighted by atomic mass is 19.1. The van der Waals surface area contributed by atoms with Crippen molar-refractivity contribution in [3.63, 3.8) is 0 Å². The van der Waals surface area contributed by atoms with Crippen LogP contribution in [0.3, 0.4) is 0 Å². The number of rotatable bonds is 7. The van der Waals surface area contributed by atoms with Gasteiger partial charge in [-0.3, -0.25) is 4.90 Å². The number of nitrogens with zero attached hydrogens (tertiary/aromatic N) is 2. The summed E-state index contributed by atoms with van der Waals surface area (Å²) in [5, 5.41) is 10.4. The Labute approximate surface area is 175 Å². The SMILES string of the molecule is CCCCc1ccnc2[nH]cc(C3CCN(Cc4ccc(F)c(C(=O)O)c4)CC3)c12. The Balaban J connectivity index is 1.45. The molecular weight excluding hydrogens is 381 g/mol. The number of aromatic carboxylic acids is 1. The molecule has 1 fully saturated rings. The first-order chi connectivity index (χ1) is 14.6. The van der Waals surface area contributed by atoms with Crippen LogP contribution in [0.4, 0.5) is 4.39 Å². The summed E-state index contributed by atoms with van der Waals surface area (Å²) in [5.74, 6) is -1.42. The van der Waals surface area contributed by atoms with Gasteiger partial charge in [0.1, 0.15) is 11.5 Å². The molecule has 0 saturated carbocycles. The van der Waals surface area contributed by atoms with Crippen LogP contribution in [0.15, 0.2) is 36.7 Å². The van der Waals surface area contributed by atoms with Crippen molar-refractivity contribution >= 4 is 17.0 Å². The molecule has 3 aromatic rings. The molecule has 0 unspecified atom stereocenters. The van der Waals surface area contributed by atoms with Crippen molar-refractivity contribution in [2.24, 2.45) is 0 Å². The number of benzene rings is 1. The van der Waals surface area contributed by atoms with Gasteiger partial charge in [0.2, 0.25) is 0 Å². The van der Waals surface area contributed by atoms with Crippen molar-refractivity contribution in [2.45, 2.75) is 51.5 Å². The molecule has 1 aliphatic rings. The molecule has 3 heterocycles. The van der Waals surface area contributed by atoms with Gasteiger partial charge in [-0.2, -0.15) is 0 Å². The minimum absolute atomic E-state index is 0.256. The number of aromatic nitrogens is 2. The number of piperidine rings is 1. The molecule has 5 nitrogen and oxygen atoms in total. The zero-order chi connectivity index (χ0) is 21.1. The molecule has 2 N–H and O–H groups in total. The Morgan fingerprint density at radius 3 is 2.83 bits per heavy atom. The summed E-state index contributed by atoms with van der Waals surface area (Å²) in [6.07, 6.45) is 9.55. The quantitative estimate of drug-likeness (QED) is 0.568. The molecule has 158 valence electrons. The lowest BCUT2D eigenvalue weighted by Gasteiger charge is -2.32. The predicted octanol–water partition coefficient (Wildman–Crippen LogP) is 5.12. The van der Waals surface area contributed by atoms with E-state index < -0.39 is 11.8 Å². The van der Waals surface area contributed by atoms with E-state index in [1.54, 1.807) is 6.07 Å². The summed E-state index contributed by atoms with van der Waals surface area (Å²) < 4.78 is 13.6. The van der Waals surface area contributed by atoms with Crippen LogP contribution in [0.25, 0.3) is 11.0 Å². The fraction of sp³-hybridized carbons (Fsp3) is 0.417. The molecule has 0 atom stereocenters. The van der Waals surface area contributed by atoms with Crippen molar-refractivity contribution in [3.8, 4) is 0 Å². The Hall–Kier alpha value is -2.73. The highest BCUT2D eigenvalue weighted by molar-refractivity contribution is 5.88. The van der Waals surface area contributed by atoms with Gasteiger partial charge in [-0.15, -0.1) is 0 Å². The Bertz CT molecular complexity index is 1040. The van der Waals surface area contributed by atoms with E-state index in [1.165, 1.54) is 41.5 Å². The predicted molar refractivity (Wildman–Crippen MR) is 115 cm³/mol. The lowest BCUT2D eigenvalue weighted by atomic mass is 9.87. The molecule has 0 bridgehead atoms. The number of nitrogens with one attached hydrogen (secondary N) is 1. The third-order valence-corrected chi connectivity index (χ3v) is 6.18. The zero-order valence-electron chi connectivity index (χ0n) is 17.3. The Kier molecular flexibility index (Phi) is 6.13. The maximum absolute atomic E-state index is 13.6. The molecular formula is C24H28FN3O2. The van der Waals surface area contributed by atoms with E-state index in [4.69, 9.17) is 5.11 Å². The monoisotopic (exact) mass is 409 g/mol. The summed E-state index contributed by atoms with van der Waals surface area (Å²) in [6.45, 7) is 4.72. The first-order valence-electron chi connectivity index (χ1n) is 10.8. The number of unbranched alkanes of at least 4 members (excludes halogenated alkanes) is 1. The van der Waals surface area contributed by atoms with E-state index in [0.717, 1.165) is 43.6 Å². The van der Waals surface area contributed by atoms with Crippen LogP contribution in [0.1, 0.15) is 65.6 Å². The second kappa shape index (κ2) is 8.96. The molecule has 0 spiro atoms. The van der Waals surface area contributed by atoms with Gasteiger partial charge in [0.05, 0.1) is 5.56 Å². The number of H-pyrrole nitrogens is 1. The minimum atomic E-state index is -1.22. The second-order valence-corrected chi connectivity index (χ2v) is 8.21. The molecule has 30 heavy (non-hydrogen) atoms. The van der Waals surface area contributed by atoms with Gasteiger partial charge in [-0.1, -0.05) is 19.4 Å². The highest BCUT2D eigenvalue weighted by Crippen LogP contribution is 2.35. The normalized spacial score (nSPS) is 15.7. The van der Waals surface area contributed by atoms with Crippen molar-refractivity contribution in [1.29, 1.82) is 0 Å². The summed E-state index contributed by atoms with van der Waals surface area (Å²) in [4.78, 5) is 21.4. The topological polar surface area (TPSA) is 69.2 Å². The molecule has 0 aliphatic carbocycles. The number of carboxylic acids is 1.